The minimum atomic E-state index is -2.11. The van der Waals surface area contributed by atoms with E-state index < -0.39 is 42.1 Å². The number of ether oxygens (including phenoxy) is 4. The molecule has 1 saturated heterocycles. The number of aliphatic hydroxyl groups excluding tert-OH is 2. The molecule has 1 fully saturated rings. The Hall–Kier alpha value is -3.70. The second-order valence-corrected chi connectivity index (χ2v) is 9.83. The van der Waals surface area contributed by atoms with E-state index in [1.807, 2.05) is 24.3 Å². The molecule has 10 nitrogen and oxygen atoms in total. The molecule has 0 aromatic heterocycles. The highest BCUT2D eigenvalue weighted by molar-refractivity contribution is 5.94. The summed E-state index contributed by atoms with van der Waals surface area (Å²) in [6, 6.07) is 12.2. The van der Waals surface area contributed by atoms with Crippen molar-refractivity contribution in [2.75, 3.05) is 13.7 Å². The summed E-state index contributed by atoms with van der Waals surface area (Å²) in [5.41, 5.74) is 2.64. The number of carbonyl (C=O) groups excluding carboxylic acids is 2. The second-order valence-electron chi connectivity index (χ2n) is 9.83. The number of methoxy groups -OCH3 is 1. The van der Waals surface area contributed by atoms with Gasteiger partial charge in [-0.1, -0.05) is 36.4 Å². The van der Waals surface area contributed by atoms with Crippen molar-refractivity contribution in [1.29, 1.82) is 0 Å². The lowest BCUT2D eigenvalue weighted by molar-refractivity contribution is -0.329. The van der Waals surface area contributed by atoms with E-state index in [-0.39, 0.29) is 36.5 Å². The molecule has 2 aliphatic rings. The average molecular weight is 555 g/mol. The molecule has 0 radical (unpaired) electrons. The first kappa shape index (κ1) is 29.3. The average Bonchev–Trinajstić information content (AvgIpc) is 2.92. The standard InChI is InChI=1S/C30H34O10/c1-18(32)38-27-26(34)24-7-4-13-30(36,40-24)28(27)39-29(35)22(16-21-9-11-23(33)25(17-21)37-2)10-8-19-5-3-6-20(15-19)12-14-31/h3-6,9,11,13,15-17,24,26-28,31,33-34,36H,7-8,10,12,14H2,1-2H3/t24-,26+,27+,28-,30-/m1/s1. The summed E-state index contributed by atoms with van der Waals surface area (Å²) in [5.74, 6) is -3.49. The van der Waals surface area contributed by atoms with Gasteiger partial charge in [-0.2, -0.15) is 0 Å². The van der Waals surface area contributed by atoms with Crippen molar-refractivity contribution in [3.8, 4) is 11.5 Å². The van der Waals surface area contributed by atoms with Crippen LogP contribution in [-0.4, -0.2) is 76.3 Å². The van der Waals surface area contributed by atoms with E-state index in [4.69, 9.17) is 18.9 Å². The number of benzene rings is 2. The van der Waals surface area contributed by atoms with Crippen LogP contribution in [0.2, 0.25) is 0 Å². The van der Waals surface area contributed by atoms with Crippen LogP contribution in [0.3, 0.4) is 0 Å². The molecule has 2 heterocycles. The first-order valence-electron chi connectivity index (χ1n) is 13.0. The van der Waals surface area contributed by atoms with Crippen LogP contribution in [0.1, 0.15) is 36.5 Å². The zero-order valence-corrected chi connectivity index (χ0v) is 22.4. The Bertz CT molecular complexity index is 1290. The van der Waals surface area contributed by atoms with Crippen LogP contribution in [0.5, 0.6) is 11.5 Å². The molecule has 0 aliphatic carbocycles. The maximum absolute atomic E-state index is 13.7. The van der Waals surface area contributed by atoms with Crippen LogP contribution in [-0.2, 0) is 36.6 Å². The van der Waals surface area contributed by atoms with Gasteiger partial charge in [0.15, 0.2) is 23.7 Å². The van der Waals surface area contributed by atoms with Gasteiger partial charge in [0.05, 0.1) is 13.2 Å². The molecule has 5 atom stereocenters. The number of phenols is 1. The Kier molecular flexibility index (Phi) is 9.26. The lowest BCUT2D eigenvalue weighted by Gasteiger charge is -2.48. The van der Waals surface area contributed by atoms with Gasteiger partial charge >= 0.3 is 11.9 Å². The number of esters is 2. The monoisotopic (exact) mass is 554 g/mol. The van der Waals surface area contributed by atoms with Crippen molar-refractivity contribution in [3.63, 3.8) is 0 Å². The lowest BCUT2D eigenvalue weighted by atomic mass is 9.87. The van der Waals surface area contributed by atoms with Crippen LogP contribution < -0.4 is 4.74 Å². The van der Waals surface area contributed by atoms with E-state index in [1.165, 1.54) is 19.3 Å². The molecule has 40 heavy (non-hydrogen) atoms. The van der Waals surface area contributed by atoms with Gasteiger partial charge in [0, 0.05) is 19.1 Å². The van der Waals surface area contributed by atoms with Crippen LogP contribution in [0, 0.1) is 0 Å². The zero-order chi connectivity index (χ0) is 28.9. The van der Waals surface area contributed by atoms with E-state index in [1.54, 1.807) is 24.3 Å². The number of aromatic hydroxyl groups is 1. The summed E-state index contributed by atoms with van der Waals surface area (Å²) < 4.78 is 21.9. The molecule has 0 spiro atoms. The van der Waals surface area contributed by atoms with Crippen LogP contribution in [0.15, 0.2) is 60.2 Å². The quantitative estimate of drug-likeness (QED) is 0.195. The van der Waals surface area contributed by atoms with Crippen LogP contribution in [0.4, 0.5) is 0 Å². The second kappa shape index (κ2) is 12.6. The van der Waals surface area contributed by atoms with Crippen molar-refractivity contribution in [2.45, 2.75) is 62.8 Å². The Morgan fingerprint density at radius 2 is 1.88 bits per heavy atom. The van der Waals surface area contributed by atoms with E-state index >= 15 is 0 Å². The highest BCUT2D eigenvalue weighted by Gasteiger charge is 2.57. The van der Waals surface area contributed by atoms with Crippen LogP contribution in [0.25, 0.3) is 6.08 Å². The molecule has 4 rings (SSSR count). The fraction of sp³-hybridized carbons (Fsp3) is 0.400. The van der Waals surface area contributed by atoms with E-state index in [2.05, 4.69) is 0 Å². The molecule has 2 bridgehead atoms. The number of aliphatic hydroxyl groups is 3. The summed E-state index contributed by atoms with van der Waals surface area (Å²) in [7, 11) is 1.41. The zero-order valence-electron chi connectivity index (χ0n) is 22.4. The van der Waals surface area contributed by atoms with Gasteiger partial charge in [-0.15, -0.1) is 0 Å². The van der Waals surface area contributed by atoms with Gasteiger partial charge in [-0.25, -0.2) is 4.79 Å². The molecule has 10 heteroatoms. The summed E-state index contributed by atoms with van der Waals surface area (Å²) >= 11 is 0. The number of hydrogen-bond acceptors (Lipinski definition) is 10. The Morgan fingerprint density at radius 1 is 1.12 bits per heavy atom. The van der Waals surface area contributed by atoms with E-state index in [9.17, 15) is 30.0 Å². The first-order chi connectivity index (χ1) is 19.1. The number of aryl methyl sites for hydroxylation is 1. The summed E-state index contributed by atoms with van der Waals surface area (Å²) in [5, 5.41) is 41.3. The van der Waals surface area contributed by atoms with Gasteiger partial charge in [0.25, 0.3) is 0 Å². The Morgan fingerprint density at radius 3 is 2.58 bits per heavy atom. The van der Waals surface area contributed by atoms with Gasteiger partial charge in [-0.05, 0) is 66.7 Å². The number of fused-ring (bicyclic) bond motifs is 2. The smallest absolute Gasteiger partial charge is 0.334 e. The maximum atomic E-state index is 13.7. The molecule has 2 aromatic rings. The molecule has 214 valence electrons. The lowest BCUT2D eigenvalue weighted by Crippen LogP contribution is -2.66. The van der Waals surface area contributed by atoms with Crippen LogP contribution >= 0.6 is 0 Å². The van der Waals surface area contributed by atoms with Gasteiger partial charge in [0.2, 0.25) is 5.79 Å². The van der Waals surface area contributed by atoms with E-state index in [0.717, 1.165) is 18.1 Å². The molecule has 0 amide bonds. The predicted molar refractivity (Wildman–Crippen MR) is 143 cm³/mol. The summed E-state index contributed by atoms with van der Waals surface area (Å²) in [4.78, 5) is 25.5. The third-order valence-electron chi connectivity index (χ3n) is 6.91. The summed E-state index contributed by atoms with van der Waals surface area (Å²) in [6.45, 7) is 1.17. The van der Waals surface area contributed by atoms with Crippen molar-refractivity contribution in [1.82, 2.24) is 0 Å². The fourth-order valence-electron chi connectivity index (χ4n) is 4.93. The fourth-order valence-corrected chi connectivity index (χ4v) is 4.93. The minimum absolute atomic E-state index is 0.0145. The van der Waals surface area contributed by atoms with Gasteiger partial charge in [0.1, 0.15) is 6.10 Å². The SMILES string of the molecule is COc1cc(C=C(CCc2cccc(CCO)c2)C(=O)O[C@@H]2[C@@H](OC(C)=O)[C@@H](O)[C@H]3CC=C[C@@]2(O)O3)ccc1O. The van der Waals surface area contributed by atoms with E-state index in [0.29, 0.717) is 18.4 Å². The highest BCUT2D eigenvalue weighted by atomic mass is 16.7. The molecule has 4 N–H and O–H groups in total. The van der Waals surface area contributed by atoms with Crippen molar-refractivity contribution in [3.05, 3.63) is 76.9 Å². The summed E-state index contributed by atoms with van der Waals surface area (Å²) in [6.07, 6.45) is 0.867. The topological polar surface area (TPSA) is 152 Å². The Balaban J connectivity index is 1.65. The third-order valence-corrected chi connectivity index (χ3v) is 6.91. The molecule has 2 aliphatic heterocycles. The molecule has 2 aromatic carbocycles. The number of rotatable bonds is 10. The minimum Gasteiger partial charge on any atom is -0.504 e. The Labute approximate surface area is 232 Å². The number of carbonyl (C=O) groups is 2. The maximum Gasteiger partial charge on any atom is 0.334 e. The highest BCUT2D eigenvalue weighted by Crippen LogP contribution is 2.38. The van der Waals surface area contributed by atoms with Crippen molar-refractivity contribution in [2.24, 2.45) is 0 Å². The van der Waals surface area contributed by atoms with Crippen molar-refractivity contribution < 1.29 is 49.0 Å². The molecule has 0 saturated carbocycles. The largest absolute Gasteiger partial charge is 0.504 e. The normalized spacial score (nSPS) is 25.8. The third kappa shape index (κ3) is 6.71. The number of hydrogen-bond donors (Lipinski definition) is 4. The first-order valence-corrected chi connectivity index (χ1v) is 13.0. The molecular weight excluding hydrogens is 520 g/mol. The molecular formula is C30H34O10. The van der Waals surface area contributed by atoms with Gasteiger partial charge in [-0.3, -0.25) is 4.79 Å². The van der Waals surface area contributed by atoms with Crippen molar-refractivity contribution >= 4 is 18.0 Å². The van der Waals surface area contributed by atoms with Gasteiger partial charge < -0.3 is 39.4 Å². The molecule has 0 unspecified atom stereocenters. The predicted octanol–water partition coefficient (Wildman–Crippen LogP) is 2.20. The number of phenolic OH excluding ortho intramolecular Hbond substituents is 1.